The van der Waals surface area contributed by atoms with Crippen LogP contribution >= 0.6 is 0 Å². The van der Waals surface area contributed by atoms with Crippen molar-refractivity contribution < 1.29 is 28.3 Å². The van der Waals surface area contributed by atoms with Gasteiger partial charge in [-0.1, -0.05) is 13.0 Å². The summed E-state index contributed by atoms with van der Waals surface area (Å²) in [6, 6.07) is 7.16. The summed E-state index contributed by atoms with van der Waals surface area (Å²) in [5.41, 5.74) is 1.43. The molecule has 1 N–H and O–H groups in total. The molecule has 87 valence electrons. The molecule has 0 amide bonds. The van der Waals surface area contributed by atoms with Crippen LogP contribution in [0.4, 0.5) is 4.39 Å². The van der Waals surface area contributed by atoms with Gasteiger partial charge in [0.1, 0.15) is 5.58 Å². The van der Waals surface area contributed by atoms with Crippen LogP contribution in [0, 0.1) is 6.54 Å². The second-order valence-corrected chi connectivity index (χ2v) is 3.34. The summed E-state index contributed by atoms with van der Waals surface area (Å²) in [5.74, 6) is 0. The smallest absolute Gasteiger partial charge is 0.467 e. The molecular formula is C12H13FNORu. The molecule has 4 heteroatoms. The molecule has 2 aromatic rings. The van der Waals surface area contributed by atoms with Crippen LogP contribution in [-0.4, -0.2) is 6.54 Å². The molecule has 1 heterocycles. The molecule has 1 atom stereocenters. The van der Waals surface area contributed by atoms with Crippen LogP contribution in [0.1, 0.15) is 18.7 Å². The van der Waals surface area contributed by atoms with Crippen molar-refractivity contribution in [2.75, 3.05) is 6.54 Å². The van der Waals surface area contributed by atoms with E-state index in [2.05, 4.69) is 5.32 Å². The van der Waals surface area contributed by atoms with Crippen molar-refractivity contribution >= 4 is 11.0 Å². The third-order valence-corrected chi connectivity index (χ3v) is 2.26. The zero-order valence-electron chi connectivity index (χ0n) is 8.89. The van der Waals surface area contributed by atoms with E-state index in [0.29, 0.717) is 5.56 Å². The van der Waals surface area contributed by atoms with Gasteiger partial charge < -0.3 is 9.73 Å². The first kappa shape index (κ1) is 13.3. The number of benzene rings is 1. The number of furan rings is 1. The average molecular weight is 307 g/mol. The minimum atomic E-state index is -1.08. The van der Waals surface area contributed by atoms with E-state index < -0.39 is 6.17 Å². The number of fused-ring (bicyclic) bond motifs is 1. The van der Waals surface area contributed by atoms with Crippen LogP contribution in [0.25, 0.3) is 11.0 Å². The van der Waals surface area contributed by atoms with Crippen molar-refractivity contribution in [3.63, 3.8) is 0 Å². The van der Waals surface area contributed by atoms with Crippen molar-refractivity contribution in [1.29, 1.82) is 0 Å². The molecule has 0 spiro atoms. The van der Waals surface area contributed by atoms with E-state index in [1.807, 2.05) is 13.0 Å². The number of nitrogens with one attached hydrogen (secondary N) is 1. The predicted molar refractivity (Wildman–Crippen MR) is 58.0 cm³/mol. The minimum Gasteiger partial charge on any atom is -0.467 e. The number of hydrogen-bond acceptors (Lipinski definition) is 2. The Hall–Kier alpha value is -0.727. The maximum absolute atomic E-state index is 13.6. The monoisotopic (exact) mass is 308 g/mol. The molecule has 0 aliphatic carbocycles. The van der Waals surface area contributed by atoms with Crippen LogP contribution < -0.4 is 5.32 Å². The van der Waals surface area contributed by atoms with Crippen molar-refractivity contribution in [3.8, 4) is 0 Å². The van der Waals surface area contributed by atoms with Crippen LogP contribution in [0.2, 0.25) is 0 Å². The first-order valence-corrected chi connectivity index (χ1v) is 4.99. The largest absolute Gasteiger partial charge is 1.00 e. The molecule has 2 rings (SSSR count). The summed E-state index contributed by atoms with van der Waals surface area (Å²) < 4.78 is 18.8. The van der Waals surface area contributed by atoms with Crippen molar-refractivity contribution in [2.24, 2.45) is 0 Å². The first-order valence-electron chi connectivity index (χ1n) is 4.99. The SMILES string of the molecule is CCN[CH-]C(F)c1ccc2occc2c1.[Ru+]. The summed E-state index contributed by atoms with van der Waals surface area (Å²) in [6.45, 7) is 4.12. The standard InChI is InChI=1S/C12H13FNO.Ru/c1-2-14-8-11(13)9-3-4-12-10(7-9)5-6-15-12;/h3-8,11,14H,2H2,1H3;/q-1;+1. The Bertz CT molecular complexity index is 443. The van der Waals surface area contributed by atoms with E-state index in [0.717, 1.165) is 17.5 Å². The Morgan fingerprint density at radius 3 is 3.00 bits per heavy atom. The fourth-order valence-electron chi connectivity index (χ4n) is 1.47. The third kappa shape index (κ3) is 2.90. The van der Waals surface area contributed by atoms with Crippen molar-refractivity contribution in [3.05, 3.63) is 42.6 Å². The Labute approximate surface area is 107 Å². The van der Waals surface area contributed by atoms with Gasteiger partial charge in [-0.25, -0.2) is 6.54 Å². The van der Waals surface area contributed by atoms with Gasteiger partial charge >= 0.3 is 19.5 Å². The zero-order valence-corrected chi connectivity index (χ0v) is 10.6. The number of likely N-dealkylation sites (N-methyl/N-ethyl adjacent to an activating group) is 1. The Morgan fingerprint density at radius 1 is 1.44 bits per heavy atom. The number of rotatable bonds is 4. The summed E-state index contributed by atoms with van der Waals surface area (Å²) in [6.07, 6.45) is 0.527. The minimum absolute atomic E-state index is 0. The quantitative estimate of drug-likeness (QED) is 0.693. The van der Waals surface area contributed by atoms with Gasteiger partial charge in [0.25, 0.3) is 0 Å². The molecule has 16 heavy (non-hydrogen) atoms. The van der Waals surface area contributed by atoms with Crippen LogP contribution in [0.3, 0.4) is 0 Å². The Kier molecular flexibility index (Phi) is 5.10. The topological polar surface area (TPSA) is 25.2 Å². The van der Waals surface area contributed by atoms with Crippen LogP contribution in [0.15, 0.2) is 34.9 Å². The average Bonchev–Trinajstić information content (AvgIpc) is 2.72. The molecule has 1 aromatic carbocycles. The molecule has 1 unspecified atom stereocenters. The number of hydrogen-bond donors (Lipinski definition) is 1. The summed E-state index contributed by atoms with van der Waals surface area (Å²) in [4.78, 5) is 0. The van der Waals surface area contributed by atoms with Gasteiger partial charge in [-0.15, -0.1) is 0 Å². The van der Waals surface area contributed by atoms with E-state index >= 15 is 0 Å². The van der Waals surface area contributed by atoms with E-state index in [1.54, 1.807) is 24.5 Å². The van der Waals surface area contributed by atoms with Crippen molar-refractivity contribution in [1.82, 2.24) is 5.32 Å². The molecule has 0 saturated carbocycles. The molecule has 0 fully saturated rings. The molecule has 2 nitrogen and oxygen atoms in total. The van der Waals surface area contributed by atoms with Gasteiger partial charge in [-0.2, -0.15) is 0 Å². The predicted octanol–water partition coefficient (Wildman–Crippen LogP) is 3.21. The third-order valence-electron chi connectivity index (χ3n) is 2.26. The van der Waals surface area contributed by atoms with E-state index in [1.165, 1.54) is 6.54 Å². The van der Waals surface area contributed by atoms with Gasteiger partial charge in [0.2, 0.25) is 0 Å². The van der Waals surface area contributed by atoms with E-state index in [4.69, 9.17) is 4.42 Å². The Balaban J connectivity index is 0.00000128. The van der Waals surface area contributed by atoms with Gasteiger partial charge in [0.05, 0.1) is 6.26 Å². The van der Waals surface area contributed by atoms with E-state index in [9.17, 15) is 4.39 Å². The number of alkyl halides is 1. The normalized spacial score (nSPS) is 12.4. The molecule has 0 aliphatic rings. The van der Waals surface area contributed by atoms with Crippen LogP contribution in [0.5, 0.6) is 0 Å². The zero-order chi connectivity index (χ0) is 10.7. The fraction of sp³-hybridized carbons (Fsp3) is 0.250. The molecule has 0 saturated heterocycles. The fourth-order valence-corrected chi connectivity index (χ4v) is 1.47. The van der Waals surface area contributed by atoms with Crippen molar-refractivity contribution in [2.45, 2.75) is 13.1 Å². The van der Waals surface area contributed by atoms with Gasteiger partial charge in [-0.05, 0) is 30.3 Å². The molecule has 1 radical (unpaired) electrons. The molecule has 0 bridgehead atoms. The summed E-state index contributed by atoms with van der Waals surface area (Å²) in [7, 11) is 0. The second-order valence-electron chi connectivity index (χ2n) is 3.34. The molecular weight excluding hydrogens is 294 g/mol. The van der Waals surface area contributed by atoms with E-state index in [-0.39, 0.29) is 19.5 Å². The summed E-state index contributed by atoms with van der Waals surface area (Å²) in [5, 5.41) is 3.80. The number of halogens is 1. The van der Waals surface area contributed by atoms with Gasteiger partial charge in [0, 0.05) is 11.6 Å². The maximum Gasteiger partial charge on any atom is 1.00 e. The molecule has 1 aromatic heterocycles. The van der Waals surface area contributed by atoms with Gasteiger partial charge in [-0.3, -0.25) is 4.39 Å². The maximum atomic E-state index is 13.6. The second kappa shape index (κ2) is 6.12. The van der Waals surface area contributed by atoms with Gasteiger partial charge in [0.15, 0.2) is 0 Å². The summed E-state index contributed by atoms with van der Waals surface area (Å²) >= 11 is 0. The Morgan fingerprint density at radius 2 is 2.25 bits per heavy atom. The van der Waals surface area contributed by atoms with Crippen LogP contribution in [-0.2, 0) is 19.5 Å². The first-order chi connectivity index (χ1) is 7.31. The molecule has 0 aliphatic heterocycles.